The van der Waals surface area contributed by atoms with Crippen LogP contribution in [0.4, 0.5) is 0 Å². The number of amides is 1. The number of hydrogen-bond donors (Lipinski definition) is 1. The van der Waals surface area contributed by atoms with Crippen LogP contribution in [-0.4, -0.2) is 21.9 Å². The molecule has 2 aromatic carbocycles. The molecule has 1 unspecified atom stereocenters. The van der Waals surface area contributed by atoms with Crippen LogP contribution >= 0.6 is 0 Å². The van der Waals surface area contributed by atoms with Gasteiger partial charge in [0.25, 0.3) is 5.91 Å². The number of para-hydroxylation sites is 1. The molecule has 4 nitrogen and oxygen atoms in total. The number of rotatable bonds is 6. The normalized spacial score (nSPS) is 11.9. The van der Waals surface area contributed by atoms with E-state index in [-0.39, 0.29) is 11.9 Å². The van der Waals surface area contributed by atoms with Crippen molar-refractivity contribution >= 4 is 16.8 Å². The summed E-state index contributed by atoms with van der Waals surface area (Å²) in [5, 5.41) is 4.01. The summed E-state index contributed by atoms with van der Waals surface area (Å²) in [5.74, 6) is -0.0747. The zero-order valence-electron chi connectivity index (χ0n) is 16.4. The third-order valence-electron chi connectivity index (χ3n) is 5.00. The fourth-order valence-electron chi connectivity index (χ4n) is 3.43. The van der Waals surface area contributed by atoms with Crippen molar-refractivity contribution in [2.24, 2.45) is 0 Å². The van der Waals surface area contributed by atoms with Crippen molar-refractivity contribution in [3.05, 3.63) is 96.3 Å². The van der Waals surface area contributed by atoms with Gasteiger partial charge < -0.3 is 5.32 Å². The molecule has 2 heterocycles. The first-order valence-corrected chi connectivity index (χ1v) is 9.85. The van der Waals surface area contributed by atoms with E-state index in [0.29, 0.717) is 5.56 Å². The highest BCUT2D eigenvalue weighted by Gasteiger charge is 2.16. The topological polar surface area (TPSA) is 54.9 Å². The standard InChI is InChI=1S/C25H23N3O/c1-18(13-14-19-8-3-2-4-9-19)27-25(29)22-16-24(20-10-7-15-26-17-20)28-23-12-6-5-11-21(22)23/h2-12,15-18H,13-14H2,1H3,(H,27,29). The molecule has 0 aliphatic carbocycles. The number of fused-ring (bicyclic) bond motifs is 1. The zero-order valence-corrected chi connectivity index (χ0v) is 16.4. The van der Waals surface area contributed by atoms with E-state index in [4.69, 9.17) is 4.98 Å². The van der Waals surface area contributed by atoms with E-state index in [0.717, 1.165) is 35.0 Å². The highest BCUT2D eigenvalue weighted by molar-refractivity contribution is 6.07. The maximum atomic E-state index is 13.1. The van der Waals surface area contributed by atoms with Gasteiger partial charge >= 0.3 is 0 Å². The van der Waals surface area contributed by atoms with E-state index in [2.05, 4.69) is 22.4 Å². The molecule has 0 saturated heterocycles. The van der Waals surface area contributed by atoms with E-state index < -0.39 is 0 Å². The van der Waals surface area contributed by atoms with Gasteiger partial charge in [0.2, 0.25) is 0 Å². The minimum atomic E-state index is -0.0747. The van der Waals surface area contributed by atoms with Crippen LogP contribution in [0.1, 0.15) is 29.3 Å². The van der Waals surface area contributed by atoms with Crippen molar-refractivity contribution in [2.75, 3.05) is 0 Å². The lowest BCUT2D eigenvalue weighted by molar-refractivity contribution is 0.0940. The molecule has 1 amide bonds. The van der Waals surface area contributed by atoms with Crippen LogP contribution < -0.4 is 5.32 Å². The Hall–Kier alpha value is -3.53. The van der Waals surface area contributed by atoms with E-state index in [9.17, 15) is 4.79 Å². The lowest BCUT2D eigenvalue weighted by atomic mass is 10.0. The number of aromatic nitrogens is 2. The number of nitrogens with one attached hydrogen (secondary N) is 1. The molecule has 29 heavy (non-hydrogen) atoms. The Morgan fingerprint density at radius 2 is 1.79 bits per heavy atom. The molecule has 0 bridgehead atoms. The minimum Gasteiger partial charge on any atom is -0.350 e. The summed E-state index contributed by atoms with van der Waals surface area (Å²) in [6.07, 6.45) is 5.31. The fraction of sp³-hybridized carbons (Fsp3) is 0.160. The van der Waals surface area contributed by atoms with E-state index in [1.165, 1.54) is 5.56 Å². The van der Waals surface area contributed by atoms with Crippen LogP contribution in [0.3, 0.4) is 0 Å². The van der Waals surface area contributed by atoms with Crippen LogP contribution in [0, 0.1) is 0 Å². The Morgan fingerprint density at radius 1 is 1.00 bits per heavy atom. The van der Waals surface area contributed by atoms with Gasteiger partial charge in [0.1, 0.15) is 0 Å². The van der Waals surface area contributed by atoms with Crippen molar-refractivity contribution in [2.45, 2.75) is 25.8 Å². The predicted molar refractivity (Wildman–Crippen MR) is 117 cm³/mol. The second kappa shape index (κ2) is 8.65. The van der Waals surface area contributed by atoms with E-state index in [1.807, 2.05) is 67.6 Å². The fourth-order valence-corrected chi connectivity index (χ4v) is 3.43. The third kappa shape index (κ3) is 4.49. The van der Waals surface area contributed by atoms with Crippen LogP contribution in [-0.2, 0) is 6.42 Å². The highest BCUT2D eigenvalue weighted by Crippen LogP contribution is 2.24. The molecular formula is C25H23N3O. The van der Waals surface area contributed by atoms with Crippen LogP contribution in [0.2, 0.25) is 0 Å². The van der Waals surface area contributed by atoms with Crippen molar-refractivity contribution in [3.63, 3.8) is 0 Å². The number of pyridine rings is 2. The summed E-state index contributed by atoms with van der Waals surface area (Å²) < 4.78 is 0. The highest BCUT2D eigenvalue weighted by atomic mass is 16.1. The van der Waals surface area contributed by atoms with Gasteiger partial charge in [-0.2, -0.15) is 0 Å². The van der Waals surface area contributed by atoms with Crippen molar-refractivity contribution in [3.8, 4) is 11.3 Å². The molecule has 0 aliphatic rings. The summed E-state index contributed by atoms with van der Waals surface area (Å²) in [5.41, 5.74) is 4.36. The molecule has 4 aromatic rings. The second-order valence-electron chi connectivity index (χ2n) is 7.21. The Labute approximate surface area is 170 Å². The molecule has 0 saturated carbocycles. The number of aryl methyl sites for hydroxylation is 1. The predicted octanol–water partition coefficient (Wildman–Crippen LogP) is 5.05. The Balaban J connectivity index is 1.58. The zero-order chi connectivity index (χ0) is 20.1. The first kappa shape index (κ1) is 18.8. The van der Waals surface area contributed by atoms with Crippen LogP contribution in [0.5, 0.6) is 0 Å². The average Bonchev–Trinajstić information content (AvgIpc) is 2.78. The lowest BCUT2D eigenvalue weighted by Gasteiger charge is -2.16. The number of nitrogens with zero attached hydrogens (tertiary/aromatic N) is 2. The van der Waals surface area contributed by atoms with Gasteiger partial charge in [-0.3, -0.25) is 9.78 Å². The number of benzene rings is 2. The molecule has 0 aliphatic heterocycles. The van der Waals surface area contributed by atoms with Gasteiger partial charge in [-0.25, -0.2) is 4.98 Å². The molecule has 1 N–H and O–H groups in total. The molecule has 4 heteroatoms. The summed E-state index contributed by atoms with van der Waals surface area (Å²) in [7, 11) is 0. The first-order chi connectivity index (χ1) is 14.2. The summed E-state index contributed by atoms with van der Waals surface area (Å²) in [4.78, 5) is 22.0. The number of carbonyl (C=O) groups excluding carboxylic acids is 1. The van der Waals surface area contributed by atoms with Gasteiger partial charge in [0, 0.05) is 29.4 Å². The summed E-state index contributed by atoms with van der Waals surface area (Å²) in [6, 6.07) is 23.8. The maximum absolute atomic E-state index is 13.1. The first-order valence-electron chi connectivity index (χ1n) is 9.85. The monoisotopic (exact) mass is 381 g/mol. The molecule has 0 fully saturated rings. The maximum Gasteiger partial charge on any atom is 0.252 e. The quantitative estimate of drug-likeness (QED) is 0.509. The molecule has 144 valence electrons. The average molecular weight is 381 g/mol. The van der Waals surface area contributed by atoms with Gasteiger partial charge in [0.15, 0.2) is 0 Å². The van der Waals surface area contributed by atoms with Gasteiger partial charge in [-0.1, -0.05) is 48.5 Å². The Bertz CT molecular complexity index is 1110. The number of hydrogen-bond acceptors (Lipinski definition) is 3. The van der Waals surface area contributed by atoms with Gasteiger partial charge in [0.05, 0.1) is 16.8 Å². The minimum absolute atomic E-state index is 0.0662. The number of carbonyl (C=O) groups is 1. The summed E-state index contributed by atoms with van der Waals surface area (Å²) >= 11 is 0. The smallest absolute Gasteiger partial charge is 0.252 e. The lowest BCUT2D eigenvalue weighted by Crippen LogP contribution is -2.33. The van der Waals surface area contributed by atoms with E-state index in [1.54, 1.807) is 12.4 Å². The Kier molecular flexibility index (Phi) is 5.61. The second-order valence-corrected chi connectivity index (χ2v) is 7.21. The van der Waals surface area contributed by atoms with Crippen molar-refractivity contribution < 1.29 is 4.79 Å². The molecule has 0 spiro atoms. The van der Waals surface area contributed by atoms with Gasteiger partial charge in [-0.05, 0) is 49.6 Å². The van der Waals surface area contributed by atoms with E-state index >= 15 is 0 Å². The SMILES string of the molecule is CC(CCc1ccccc1)NC(=O)c1cc(-c2cccnc2)nc2ccccc12. The molecular weight excluding hydrogens is 358 g/mol. The van der Waals surface area contributed by atoms with Crippen LogP contribution in [0.25, 0.3) is 22.2 Å². The van der Waals surface area contributed by atoms with Crippen LogP contribution in [0.15, 0.2) is 85.2 Å². The Morgan fingerprint density at radius 3 is 2.59 bits per heavy atom. The molecule has 0 radical (unpaired) electrons. The molecule has 2 aromatic heterocycles. The third-order valence-corrected chi connectivity index (χ3v) is 5.00. The van der Waals surface area contributed by atoms with Crippen molar-refractivity contribution in [1.82, 2.24) is 15.3 Å². The molecule has 1 atom stereocenters. The summed E-state index contributed by atoms with van der Waals surface area (Å²) in [6.45, 7) is 2.05. The molecule has 4 rings (SSSR count). The van der Waals surface area contributed by atoms with Crippen molar-refractivity contribution in [1.29, 1.82) is 0 Å². The van der Waals surface area contributed by atoms with Gasteiger partial charge in [-0.15, -0.1) is 0 Å². The largest absolute Gasteiger partial charge is 0.350 e.